The first-order chi connectivity index (χ1) is 12.9. The van der Waals surface area contributed by atoms with Crippen LogP contribution in [0.3, 0.4) is 0 Å². The van der Waals surface area contributed by atoms with Gasteiger partial charge in [0.25, 0.3) is 0 Å². The van der Waals surface area contributed by atoms with Crippen LogP contribution in [0.5, 0.6) is 0 Å². The van der Waals surface area contributed by atoms with E-state index in [1.54, 1.807) is 13.1 Å². The molecule has 1 aliphatic carbocycles. The largest absolute Gasteiger partial charge is 0.359 e. The number of hydrogen-bond donors (Lipinski definition) is 1. The molecular formula is C21H29F2N3O. The molecular weight excluding hydrogens is 348 g/mol. The molecule has 1 spiro atoms. The quantitative estimate of drug-likeness (QED) is 0.880. The number of amides is 1. The maximum Gasteiger partial charge on any atom is 0.227 e. The number of hydrogen-bond acceptors (Lipinski definition) is 3. The Morgan fingerprint density at radius 2 is 1.93 bits per heavy atom. The van der Waals surface area contributed by atoms with Crippen LogP contribution < -0.4 is 5.32 Å². The Labute approximate surface area is 159 Å². The average molecular weight is 377 g/mol. The lowest BCUT2D eigenvalue weighted by Gasteiger charge is -2.44. The van der Waals surface area contributed by atoms with Crippen LogP contribution in [0.25, 0.3) is 0 Å². The Hall–Kier alpha value is -1.53. The van der Waals surface area contributed by atoms with Gasteiger partial charge in [0.1, 0.15) is 0 Å². The summed E-state index contributed by atoms with van der Waals surface area (Å²) in [6.45, 7) is 4.40. The van der Waals surface area contributed by atoms with Gasteiger partial charge >= 0.3 is 0 Å². The number of halogens is 2. The highest BCUT2D eigenvalue weighted by Crippen LogP contribution is 2.61. The summed E-state index contributed by atoms with van der Waals surface area (Å²) >= 11 is 0. The molecule has 1 amide bonds. The van der Waals surface area contributed by atoms with E-state index in [4.69, 9.17) is 0 Å². The first-order valence-electron chi connectivity index (χ1n) is 9.96. The lowest BCUT2D eigenvalue weighted by Crippen LogP contribution is -2.48. The zero-order chi connectivity index (χ0) is 19.2. The van der Waals surface area contributed by atoms with E-state index in [2.05, 4.69) is 22.2 Å². The van der Waals surface area contributed by atoms with Gasteiger partial charge < -0.3 is 10.2 Å². The topological polar surface area (TPSA) is 35.6 Å². The minimum atomic E-state index is -0.793. The van der Waals surface area contributed by atoms with Crippen molar-refractivity contribution >= 4 is 5.91 Å². The molecule has 0 aromatic heterocycles. The molecule has 2 saturated heterocycles. The average Bonchev–Trinajstić information content (AvgIpc) is 3.15. The second kappa shape index (κ2) is 6.82. The summed E-state index contributed by atoms with van der Waals surface area (Å²) in [7, 11) is 3.87. The zero-order valence-corrected chi connectivity index (χ0v) is 16.2. The van der Waals surface area contributed by atoms with Gasteiger partial charge in [-0.3, -0.25) is 9.69 Å². The molecule has 6 heteroatoms. The highest BCUT2D eigenvalue weighted by Gasteiger charge is 2.63. The van der Waals surface area contributed by atoms with Crippen LogP contribution in [-0.2, 0) is 11.3 Å². The molecule has 1 saturated carbocycles. The Bertz CT molecular complexity index is 732. The van der Waals surface area contributed by atoms with E-state index in [1.807, 2.05) is 0 Å². The smallest absolute Gasteiger partial charge is 0.227 e. The molecule has 1 aromatic rings. The van der Waals surface area contributed by atoms with Crippen molar-refractivity contribution in [3.05, 3.63) is 35.4 Å². The summed E-state index contributed by atoms with van der Waals surface area (Å²) in [5.74, 6) is -0.947. The number of carbonyl (C=O) groups is 1. The molecule has 0 bridgehead atoms. The molecule has 2 aliphatic heterocycles. The maximum atomic E-state index is 13.5. The van der Waals surface area contributed by atoms with Gasteiger partial charge in [-0.2, -0.15) is 0 Å². The first-order valence-corrected chi connectivity index (χ1v) is 9.96. The molecule has 4 rings (SSSR count). The molecule has 4 nitrogen and oxygen atoms in total. The van der Waals surface area contributed by atoms with Gasteiger partial charge in [0.2, 0.25) is 5.91 Å². The molecule has 2 atom stereocenters. The van der Waals surface area contributed by atoms with Crippen LogP contribution >= 0.6 is 0 Å². The van der Waals surface area contributed by atoms with E-state index in [1.165, 1.54) is 12.1 Å². The summed E-state index contributed by atoms with van der Waals surface area (Å²) < 4.78 is 26.6. The Kier molecular flexibility index (Phi) is 4.75. The summed E-state index contributed by atoms with van der Waals surface area (Å²) in [5.41, 5.74) is 0.824. The van der Waals surface area contributed by atoms with E-state index >= 15 is 0 Å². The standard InChI is InChI=1S/C21H29F2N3O/c1-24-19(27)21-6-5-20(18(21)13-25(2)14-21)7-9-26(10-8-20)12-15-3-4-16(22)17(23)11-15/h3-4,11,18H,5-10,12-14H2,1-2H3,(H,24,27)/t18-,21+/m0/s1. The van der Waals surface area contributed by atoms with Crippen LogP contribution in [0.2, 0.25) is 0 Å². The number of nitrogens with one attached hydrogen (secondary N) is 1. The van der Waals surface area contributed by atoms with E-state index < -0.39 is 11.6 Å². The summed E-state index contributed by atoms with van der Waals surface area (Å²) in [6.07, 6.45) is 4.25. The Balaban J connectivity index is 1.45. The van der Waals surface area contributed by atoms with Crippen molar-refractivity contribution in [2.75, 3.05) is 40.3 Å². The second-order valence-corrected chi connectivity index (χ2v) is 8.87. The molecule has 3 fully saturated rings. The normalized spacial score (nSPS) is 30.6. The van der Waals surface area contributed by atoms with Crippen LogP contribution in [0.1, 0.15) is 31.2 Å². The van der Waals surface area contributed by atoms with Crippen molar-refractivity contribution in [1.82, 2.24) is 15.1 Å². The summed E-state index contributed by atoms with van der Waals surface area (Å²) in [4.78, 5) is 17.4. The third-order valence-corrected chi connectivity index (χ3v) is 7.44. The van der Waals surface area contributed by atoms with E-state index in [9.17, 15) is 13.6 Å². The highest BCUT2D eigenvalue weighted by atomic mass is 19.2. The number of benzene rings is 1. The molecule has 2 heterocycles. The molecule has 148 valence electrons. The molecule has 1 aromatic carbocycles. The van der Waals surface area contributed by atoms with Crippen molar-refractivity contribution < 1.29 is 13.6 Å². The van der Waals surface area contributed by atoms with Gasteiger partial charge in [0, 0.05) is 26.7 Å². The first kappa shape index (κ1) is 18.8. The van der Waals surface area contributed by atoms with Crippen molar-refractivity contribution in [1.29, 1.82) is 0 Å². The summed E-state index contributed by atoms with van der Waals surface area (Å²) in [6, 6.07) is 4.18. The molecule has 27 heavy (non-hydrogen) atoms. The van der Waals surface area contributed by atoms with Crippen LogP contribution in [0, 0.1) is 28.4 Å². The van der Waals surface area contributed by atoms with Crippen molar-refractivity contribution in [2.24, 2.45) is 16.7 Å². The van der Waals surface area contributed by atoms with Gasteiger partial charge in [-0.05, 0) is 74.8 Å². The minimum absolute atomic E-state index is 0.206. The Morgan fingerprint density at radius 1 is 1.19 bits per heavy atom. The van der Waals surface area contributed by atoms with Crippen LogP contribution in [-0.4, -0.2) is 56.0 Å². The number of piperidine rings is 1. The maximum absolute atomic E-state index is 13.5. The molecule has 0 radical (unpaired) electrons. The monoisotopic (exact) mass is 377 g/mol. The van der Waals surface area contributed by atoms with E-state index in [0.29, 0.717) is 12.5 Å². The van der Waals surface area contributed by atoms with E-state index in [0.717, 1.165) is 57.4 Å². The second-order valence-electron chi connectivity index (χ2n) is 8.87. The third kappa shape index (κ3) is 3.07. The molecule has 3 aliphatic rings. The lowest BCUT2D eigenvalue weighted by molar-refractivity contribution is -0.132. The van der Waals surface area contributed by atoms with Crippen molar-refractivity contribution in [3.8, 4) is 0 Å². The fraction of sp³-hybridized carbons (Fsp3) is 0.667. The van der Waals surface area contributed by atoms with Gasteiger partial charge in [0.15, 0.2) is 11.6 Å². The molecule has 1 N–H and O–H groups in total. The highest BCUT2D eigenvalue weighted by molar-refractivity contribution is 5.84. The van der Waals surface area contributed by atoms with Crippen molar-refractivity contribution in [2.45, 2.75) is 32.2 Å². The minimum Gasteiger partial charge on any atom is -0.359 e. The van der Waals surface area contributed by atoms with Gasteiger partial charge in [-0.25, -0.2) is 8.78 Å². The predicted molar refractivity (Wildman–Crippen MR) is 100 cm³/mol. The van der Waals surface area contributed by atoms with Crippen LogP contribution in [0.15, 0.2) is 18.2 Å². The predicted octanol–water partition coefficient (Wildman–Crippen LogP) is 2.63. The van der Waals surface area contributed by atoms with E-state index in [-0.39, 0.29) is 16.7 Å². The molecule has 0 unspecified atom stereocenters. The number of rotatable bonds is 3. The number of likely N-dealkylation sites (tertiary alicyclic amines) is 2. The summed E-state index contributed by atoms with van der Waals surface area (Å²) in [5, 5.41) is 2.92. The van der Waals surface area contributed by atoms with Gasteiger partial charge in [-0.1, -0.05) is 6.07 Å². The third-order valence-electron chi connectivity index (χ3n) is 7.44. The van der Waals surface area contributed by atoms with Crippen molar-refractivity contribution in [3.63, 3.8) is 0 Å². The number of nitrogens with zero attached hydrogens (tertiary/aromatic N) is 2. The van der Waals surface area contributed by atoms with Gasteiger partial charge in [0.05, 0.1) is 5.41 Å². The lowest BCUT2D eigenvalue weighted by atomic mass is 9.65. The Morgan fingerprint density at radius 3 is 2.59 bits per heavy atom. The fourth-order valence-corrected chi connectivity index (χ4v) is 6.07. The zero-order valence-electron chi connectivity index (χ0n) is 16.2. The number of fused-ring (bicyclic) bond motifs is 2. The fourth-order valence-electron chi connectivity index (χ4n) is 6.07. The van der Waals surface area contributed by atoms with Crippen LogP contribution in [0.4, 0.5) is 8.78 Å². The SMILES string of the molecule is CNC(=O)[C@@]12CCC3(CCN(Cc4ccc(F)c(F)c4)CC3)[C@@H]1CN(C)C2. The number of carbonyl (C=O) groups excluding carboxylic acids is 1. The van der Waals surface area contributed by atoms with Gasteiger partial charge in [-0.15, -0.1) is 0 Å².